The van der Waals surface area contributed by atoms with Crippen LogP contribution in [0.4, 0.5) is 4.39 Å². The van der Waals surface area contributed by atoms with Crippen LogP contribution in [-0.4, -0.2) is 29.9 Å². The van der Waals surface area contributed by atoms with Crippen molar-refractivity contribution < 1.29 is 9.18 Å². The second-order valence-corrected chi connectivity index (χ2v) is 5.16. The third-order valence-corrected chi connectivity index (χ3v) is 3.80. The molecule has 0 unspecified atom stereocenters. The third-order valence-electron chi connectivity index (χ3n) is 3.80. The Bertz CT molecular complexity index is 457. The Morgan fingerprint density at radius 1 is 1.47 bits per heavy atom. The highest BCUT2D eigenvalue weighted by Gasteiger charge is 2.30. The summed E-state index contributed by atoms with van der Waals surface area (Å²) >= 11 is 0. The topological polar surface area (TPSA) is 46.3 Å². The van der Waals surface area contributed by atoms with Gasteiger partial charge in [-0.25, -0.2) is 4.39 Å². The van der Waals surface area contributed by atoms with E-state index in [1.165, 1.54) is 0 Å². The molecule has 19 heavy (non-hydrogen) atoms. The molecule has 0 atom stereocenters. The number of amides is 1. The normalized spacial score (nSPS) is 15.1. The van der Waals surface area contributed by atoms with Gasteiger partial charge in [0.1, 0.15) is 5.82 Å². The summed E-state index contributed by atoms with van der Waals surface area (Å²) in [5.41, 5.74) is 6.21. The van der Waals surface area contributed by atoms with Crippen molar-refractivity contribution in [3.8, 4) is 0 Å². The lowest BCUT2D eigenvalue weighted by Crippen LogP contribution is -2.45. The minimum atomic E-state index is -0.399. The van der Waals surface area contributed by atoms with Crippen molar-refractivity contribution in [2.75, 3.05) is 13.1 Å². The quantitative estimate of drug-likeness (QED) is 0.888. The number of aryl methyl sites for hydroxylation is 1. The average Bonchev–Trinajstić information content (AvgIpc) is 2.34. The number of carbonyl (C=O) groups excluding carboxylic acids is 1. The van der Waals surface area contributed by atoms with Crippen molar-refractivity contribution in [2.45, 2.75) is 38.6 Å². The summed E-state index contributed by atoms with van der Waals surface area (Å²) in [6, 6.07) is 5.24. The van der Waals surface area contributed by atoms with Crippen LogP contribution in [0.15, 0.2) is 18.2 Å². The highest BCUT2D eigenvalue weighted by Crippen LogP contribution is 2.27. The first-order chi connectivity index (χ1) is 9.15. The molecule has 1 fully saturated rings. The molecule has 0 aliphatic heterocycles. The van der Waals surface area contributed by atoms with Gasteiger partial charge in [-0.1, -0.05) is 12.1 Å². The average molecular weight is 264 g/mol. The lowest BCUT2D eigenvalue weighted by Gasteiger charge is -2.37. The predicted molar refractivity (Wildman–Crippen MR) is 73.5 cm³/mol. The number of halogens is 1. The van der Waals surface area contributed by atoms with Gasteiger partial charge in [0.15, 0.2) is 0 Å². The Balaban J connectivity index is 2.20. The van der Waals surface area contributed by atoms with Crippen molar-refractivity contribution in [1.29, 1.82) is 0 Å². The largest absolute Gasteiger partial charge is 0.336 e. The van der Waals surface area contributed by atoms with Crippen LogP contribution in [0.5, 0.6) is 0 Å². The minimum Gasteiger partial charge on any atom is -0.336 e. The van der Waals surface area contributed by atoms with Gasteiger partial charge in [-0.3, -0.25) is 4.79 Å². The van der Waals surface area contributed by atoms with Gasteiger partial charge in [-0.05, 0) is 50.8 Å². The molecule has 0 bridgehead atoms. The van der Waals surface area contributed by atoms with Gasteiger partial charge in [-0.2, -0.15) is 0 Å². The first kappa shape index (κ1) is 14.0. The maximum absolute atomic E-state index is 14.0. The summed E-state index contributed by atoms with van der Waals surface area (Å²) in [5, 5.41) is 0. The van der Waals surface area contributed by atoms with E-state index in [4.69, 9.17) is 5.73 Å². The third kappa shape index (κ3) is 2.95. The summed E-state index contributed by atoms with van der Waals surface area (Å²) < 4.78 is 14.0. The van der Waals surface area contributed by atoms with E-state index in [0.29, 0.717) is 18.7 Å². The zero-order chi connectivity index (χ0) is 13.8. The van der Waals surface area contributed by atoms with Crippen molar-refractivity contribution in [1.82, 2.24) is 4.90 Å². The van der Waals surface area contributed by atoms with Crippen molar-refractivity contribution in [3.63, 3.8) is 0 Å². The van der Waals surface area contributed by atoms with Gasteiger partial charge >= 0.3 is 0 Å². The van der Waals surface area contributed by atoms with Crippen LogP contribution in [0.25, 0.3) is 0 Å². The second kappa shape index (κ2) is 6.15. The zero-order valence-electron chi connectivity index (χ0n) is 11.4. The molecule has 1 aromatic carbocycles. The molecule has 0 spiro atoms. The molecular formula is C15H21FN2O. The Morgan fingerprint density at radius 3 is 2.79 bits per heavy atom. The number of carbonyl (C=O) groups is 1. The summed E-state index contributed by atoms with van der Waals surface area (Å²) in [6.07, 6.45) is 3.94. The fourth-order valence-electron chi connectivity index (χ4n) is 2.38. The van der Waals surface area contributed by atoms with E-state index in [1.807, 2.05) is 0 Å². The summed E-state index contributed by atoms with van der Waals surface area (Å²) in [6.45, 7) is 2.85. The fraction of sp³-hybridized carbons (Fsp3) is 0.533. The van der Waals surface area contributed by atoms with Crippen LogP contribution in [-0.2, 0) is 0 Å². The van der Waals surface area contributed by atoms with Crippen LogP contribution >= 0.6 is 0 Å². The first-order valence-corrected chi connectivity index (χ1v) is 6.91. The van der Waals surface area contributed by atoms with Crippen LogP contribution in [0.1, 0.15) is 41.6 Å². The van der Waals surface area contributed by atoms with Gasteiger partial charge in [0.05, 0.1) is 5.56 Å². The van der Waals surface area contributed by atoms with E-state index in [9.17, 15) is 9.18 Å². The van der Waals surface area contributed by atoms with E-state index in [-0.39, 0.29) is 17.5 Å². The number of nitrogens with zero attached hydrogens (tertiary/aromatic N) is 1. The molecule has 1 saturated carbocycles. The molecule has 1 aliphatic carbocycles. The van der Waals surface area contributed by atoms with Crippen molar-refractivity contribution in [2.24, 2.45) is 5.73 Å². The molecule has 2 N–H and O–H groups in total. The predicted octanol–water partition coefficient (Wildman–Crippen LogP) is 2.48. The Kier molecular flexibility index (Phi) is 4.53. The zero-order valence-corrected chi connectivity index (χ0v) is 11.4. The van der Waals surface area contributed by atoms with Crippen molar-refractivity contribution in [3.05, 3.63) is 35.1 Å². The molecule has 1 aromatic rings. The number of hydrogen-bond acceptors (Lipinski definition) is 2. The lowest BCUT2D eigenvalue weighted by molar-refractivity contribution is 0.0573. The molecule has 0 heterocycles. The minimum absolute atomic E-state index is 0.184. The van der Waals surface area contributed by atoms with E-state index in [0.717, 1.165) is 25.7 Å². The summed E-state index contributed by atoms with van der Waals surface area (Å²) in [4.78, 5) is 14.3. The van der Waals surface area contributed by atoms with Crippen LogP contribution < -0.4 is 5.73 Å². The van der Waals surface area contributed by atoms with E-state index in [2.05, 4.69) is 0 Å². The SMILES string of the molecule is Cc1cccc(C(=O)N(CCCN)C2CCC2)c1F. The lowest BCUT2D eigenvalue weighted by atomic mass is 9.90. The molecule has 0 aromatic heterocycles. The summed E-state index contributed by atoms with van der Waals surface area (Å²) in [7, 11) is 0. The molecular weight excluding hydrogens is 243 g/mol. The Hall–Kier alpha value is -1.42. The van der Waals surface area contributed by atoms with Gasteiger partial charge in [-0.15, -0.1) is 0 Å². The van der Waals surface area contributed by atoms with Gasteiger partial charge in [0.2, 0.25) is 0 Å². The molecule has 3 nitrogen and oxygen atoms in total. The number of benzene rings is 1. The van der Waals surface area contributed by atoms with E-state index < -0.39 is 5.82 Å². The van der Waals surface area contributed by atoms with Gasteiger partial charge < -0.3 is 10.6 Å². The molecule has 2 rings (SSSR count). The number of hydrogen-bond donors (Lipinski definition) is 1. The first-order valence-electron chi connectivity index (χ1n) is 6.91. The van der Waals surface area contributed by atoms with Crippen LogP contribution in [0.3, 0.4) is 0 Å². The molecule has 0 radical (unpaired) electrons. The van der Waals surface area contributed by atoms with Gasteiger partial charge in [0.25, 0.3) is 5.91 Å². The monoisotopic (exact) mass is 264 g/mol. The maximum atomic E-state index is 14.0. The molecule has 4 heteroatoms. The molecule has 104 valence electrons. The fourth-order valence-corrected chi connectivity index (χ4v) is 2.38. The van der Waals surface area contributed by atoms with Crippen LogP contribution in [0, 0.1) is 12.7 Å². The van der Waals surface area contributed by atoms with Crippen LogP contribution in [0.2, 0.25) is 0 Å². The standard InChI is InChI=1S/C15H21FN2O/c1-11-5-2-8-13(14(11)16)15(19)18(10-4-9-17)12-6-3-7-12/h2,5,8,12H,3-4,6-7,9-10,17H2,1H3. The number of nitrogens with two attached hydrogens (primary N) is 1. The summed E-state index contributed by atoms with van der Waals surface area (Å²) in [5.74, 6) is -0.594. The maximum Gasteiger partial charge on any atom is 0.257 e. The van der Waals surface area contributed by atoms with Gasteiger partial charge in [0, 0.05) is 12.6 Å². The highest BCUT2D eigenvalue weighted by atomic mass is 19.1. The second-order valence-electron chi connectivity index (χ2n) is 5.16. The molecule has 1 amide bonds. The van der Waals surface area contributed by atoms with E-state index >= 15 is 0 Å². The number of rotatable bonds is 5. The highest BCUT2D eigenvalue weighted by molar-refractivity contribution is 5.95. The smallest absolute Gasteiger partial charge is 0.257 e. The molecule has 0 saturated heterocycles. The molecule has 1 aliphatic rings. The van der Waals surface area contributed by atoms with Crippen molar-refractivity contribution >= 4 is 5.91 Å². The van der Waals surface area contributed by atoms with E-state index in [1.54, 1.807) is 30.0 Å². The Labute approximate surface area is 113 Å². The Morgan fingerprint density at radius 2 is 2.21 bits per heavy atom.